The van der Waals surface area contributed by atoms with Crippen molar-refractivity contribution in [1.29, 1.82) is 0 Å². The first kappa shape index (κ1) is 9.80. The Morgan fingerprint density at radius 2 is 1.14 bits per heavy atom. The van der Waals surface area contributed by atoms with Crippen molar-refractivity contribution in [3.05, 3.63) is 48.5 Å². The van der Waals surface area contributed by atoms with Crippen LogP contribution in [0.4, 0.5) is 0 Å². The van der Waals surface area contributed by atoms with Gasteiger partial charge in [-0.05, 0) is 12.1 Å². The normalized spacial score (nSPS) is 10.3. The van der Waals surface area contributed by atoms with E-state index in [9.17, 15) is 0 Å². The molecule has 1 aromatic heterocycles. The summed E-state index contributed by atoms with van der Waals surface area (Å²) in [4.78, 5) is 0. The second-order valence-corrected chi connectivity index (χ2v) is 4.18. The van der Waals surface area contributed by atoms with Gasteiger partial charge in [0.15, 0.2) is 0 Å². The Labute approximate surface area is 100 Å². The van der Waals surface area contributed by atoms with Gasteiger partial charge in [-0.3, -0.25) is 0 Å². The zero-order valence-corrected chi connectivity index (χ0v) is 8.84. The predicted octanol–water partition coefficient (Wildman–Crippen LogP) is 1.17. The summed E-state index contributed by atoms with van der Waals surface area (Å²) >= 11 is 1.86. The molecule has 1 heterocycles. The van der Waals surface area contributed by atoms with Crippen molar-refractivity contribution >= 4 is 31.5 Å². The van der Waals surface area contributed by atoms with Crippen LogP contribution in [0.3, 0.4) is 0 Å². The zero-order valence-electron chi connectivity index (χ0n) is 9.03. The summed E-state index contributed by atoms with van der Waals surface area (Å²) in [6.45, 7) is 0. The maximum absolute atomic E-state index is 2.19. The fourth-order valence-electron chi connectivity index (χ4n) is 1.67. The maximum Gasteiger partial charge on any atom is 1.00 e. The molecule has 0 aliphatic carbocycles. The maximum atomic E-state index is 2.19. The van der Waals surface area contributed by atoms with Crippen LogP contribution in [0.1, 0.15) is 1.43 Å². The number of rotatable bonds is 0. The third kappa shape index (κ3) is 1.38. The van der Waals surface area contributed by atoms with Gasteiger partial charge in [0.1, 0.15) is 0 Å². The second-order valence-electron chi connectivity index (χ2n) is 3.09. The molecule has 0 radical (unpaired) electrons. The number of benzene rings is 2. The van der Waals surface area contributed by atoms with Crippen molar-refractivity contribution in [2.75, 3.05) is 0 Å². The minimum atomic E-state index is 0. The summed E-state index contributed by atoms with van der Waals surface area (Å²) in [6, 6.07) is 17.1. The van der Waals surface area contributed by atoms with E-state index in [0.29, 0.717) is 0 Å². The van der Waals surface area contributed by atoms with Crippen LogP contribution in [0.25, 0.3) is 20.2 Å². The minimum Gasteiger partial charge on any atom is -1.00 e. The molecule has 2 heteroatoms. The van der Waals surface area contributed by atoms with Gasteiger partial charge in [-0.1, -0.05) is 36.4 Å². The third-order valence-corrected chi connectivity index (χ3v) is 3.44. The zero-order chi connectivity index (χ0) is 8.67. The Balaban J connectivity index is 0.000000562. The molecule has 0 fully saturated rings. The van der Waals surface area contributed by atoms with Crippen LogP contribution in [0, 0.1) is 0 Å². The van der Waals surface area contributed by atoms with Crippen molar-refractivity contribution in [3.8, 4) is 0 Å². The van der Waals surface area contributed by atoms with Crippen LogP contribution in [0.5, 0.6) is 0 Å². The topological polar surface area (TPSA) is 0 Å². The molecule has 0 nitrogen and oxygen atoms in total. The first-order valence-electron chi connectivity index (χ1n) is 4.31. The molecular formula is C12H9LiS. The van der Waals surface area contributed by atoms with Crippen molar-refractivity contribution in [3.63, 3.8) is 0 Å². The number of hydrogen-bond donors (Lipinski definition) is 0. The molecule has 14 heavy (non-hydrogen) atoms. The fourth-order valence-corrected chi connectivity index (χ4v) is 2.78. The van der Waals surface area contributed by atoms with Crippen molar-refractivity contribution in [2.24, 2.45) is 0 Å². The molecule has 0 saturated heterocycles. The van der Waals surface area contributed by atoms with E-state index in [1.54, 1.807) is 0 Å². The summed E-state index contributed by atoms with van der Waals surface area (Å²) < 4.78 is 2.76. The smallest absolute Gasteiger partial charge is 1.00 e. The Morgan fingerprint density at radius 3 is 1.64 bits per heavy atom. The van der Waals surface area contributed by atoms with Gasteiger partial charge < -0.3 is 1.43 Å². The van der Waals surface area contributed by atoms with E-state index in [2.05, 4.69) is 48.5 Å². The number of fused-ring (bicyclic) bond motifs is 3. The van der Waals surface area contributed by atoms with E-state index >= 15 is 0 Å². The standard InChI is InChI=1S/C12H8S.Li.H/c1-3-7-11-9(5-1)10-6-2-4-8-12(10)13-11;;/h1-8H;;/q;+1;-1. The molecule has 0 unspecified atom stereocenters. The van der Waals surface area contributed by atoms with E-state index < -0.39 is 0 Å². The molecule has 0 amide bonds. The van der Waals surface area contributed by atoms with Crippen molar-refractivity contribution < 1.29 is 20.3 Å². The minimum absolute atomic E-state index is 0. The molecule has 0 aliphatic heterocycles. The summed E-state index contributed by atoms with van der Waals surface area (Å²) in [5, 5.41) is 2.76. The molecule has 0 bridgehead atoms. The Kier molecular flexibility index (Phi) is 2.65. The first-order chi connectivity index (χ1) is 6.45. The van der Waals surface area contributed by atoms with E-state index in [-0.39, 0.29) is 20.3 Å². The van der Waals surface area contributed by atoms with Crippen LogP contribution >= 0.6 is 11.3 Å². The third-order valence-electron chi connectivity index (χ3n) is 2.28. The summed E-state index contributed by atoms with van der Waals surface area (Å²) in [5.74, 6) is 0. The molecule has 0 spiro atoms. The molecule has 2 aromatic carbocycles. The van der Waals surface area contributed by atoms with E-state index in [1.165, 1.54) is 20.2 Å². The molecular weight excluding hydrogens is 183 g/mol. The van der Waals surface area contributed by atoms with Gasteiger partial charge in [0.25, 0.3) is 0 Å². The molecule has 3 aromatic rings. The Hall–Kier alpha value is -0.743. The fraction of sp³-hybridized carbons (Fsp3) is 0. The van der Waals surface area contributed by atoms with Crippen LogP contribution < -0.4 is 18.9 Å². The molecule has 0 atom stereocenters. The van der Waals surface area contributed by atoms with Gasteiger partial charge in [0.2, 0.25) is 0 Å². The van der Waals surface area contributed by atoms with Gasteiger partial charge in [0, 0.05) is 20.2 Å². The largest absolute Gasteiger partial charge is 1.00 e. The van der Waals surface area contributed by atoms with Gasteiger partial charge in [0.05, 0.1) is 0 Å². The molecule has 0 N–H and O–H groups in total. The second kappa shape index (κ2) is 3.79. The van der Waals surface area contributed by atoms with Gasteiger partial charge in [-0.15, -0.1) is 11.3 Å². The van der Waals surface area contributed by atoms with E-state index in [1.807, 2.05) is 11.3 Å². The summed E-state index contributed by atoms with van der Waals surface area (Å²) in [5.41, 5.74) is 0. The van der Waals surface area contributed by atoms with E-state index in [0.717, 1.165) is 0 Å². The molecule has 3 rings (SSSR count). The van der Waals surface area contributed by atoms with Crippen LogP contribution in [-0.2, 0) is 0 Å². The van der Waals surface area contributed by atoms with Crippen molar-refractivity contribution in [1.82, 2.24) is 0 Å². The molecule has 0 aliphatic rings. The monoisotopic (exact) mass is 192 g/mol. The van der Waals surface area contributed by atoms with Crippen molar-refractivity contribution in [2.45, 2.75) is 0 Å². The number of thiophene rings is 1. The average molecular weight is 192 g/mol. The summed E-state index contributed by atoms with van der Waals surface area (Å²) in [7, 11) is 0. The van der Waals surface area contributed by atoms with E-state index in [4.69, 9.17) is 0 Å². The quantitative estimate of drug-likeness (QED) is 0.469. The van der Waals surface area contributed by atoms with Gasteiger partial charge in [-0.2, -0.15) is 0 Å². The van der Waals surface area contributed by atoms with Crippen LogP contribution in [0.15, 0.2) is 48.5 Å². The summed E-state index contributed by atoms with van der Waals surface area (Å²) in [6.07, 6.45) is 0. The van der Waals surface area contributed by atoms with Crippen LogP contribution in [0.2, 0.25) is 0 Å². The average Bonchev–Trinajstić information content (AvgIpc) is 2.56. The SMILES string of the molecule is [H-].[Li+].c1ccc2c(c1)sc1ccccc12. The predicted molar refractivity (Wildman–Crippen MR) is 60.4 cm³/mol. The van der Waals surface area contributed by atoms with Crippen LogP contribution in [-0.4, -0.2) is 0 Å². The Morgan fingerprint density at radius 1 is 0.714 bits per heavy atom. The van der Waals surface area contributed by atoms with Gasteiger partial charge >= 0.3 is 18.9 Å². The Bertz CT molecular complexity index is 523. The van der Waals surface area contributed by atoms with Gasteiger partial charge in [-0.25, -0.2) is 0 Å². The molecule has 0 saturated carbocycles. The molecule has 64 valence electrons. The first-order valence-corrected chi connectivity index (χ1v) is 5.13. The number of hydrogen-bond acceptors (Lipinski definition) is 1.